The number of phenols is 1. The van der Waals surface area contributed by atoms with E-state index in [9.17, 15) is 0 Å². The molecule has 0 bridgehead atoms. The van der Waals surface area contributed by atoms with E-state index in [1.165, 1.54) is 5.56 Å². The normalized spacial score (nSPS) is 27.8. The first kappa shape index (κ1) is 8.57. The summed E-state index contributed by atoms with van der Waals surface area (Å²) in [6.45, 7) is 3.86. The Morgan fingerprint density at radius 1 is 1.23 bits per heavy atom. The van der Waals surface area contributed by atoms with Crippen molar-refractivity contribution >= 4 is 0 Å². The minimum atomic E-state index is 0.329. The topological polar surface area (TPSA) is 29.5 Å². The Balaban J connectivity index is 2.20. The molecule has 2 atom stereocenters. The molecule has 1 heterocycles. The Morgan fingerprint density at radius 3 is 2.46 bits per heavy atom. The van der Waals surface area contributed by atoms with Gasteiger partial charge in [0.1, 0.15) is 5.75 Å². The summed E-state index contributed by atoms with van der Waals surface area (Å²) in [7, 11) is 0. The van der Waals surface area contributed by atoms with Crippen molar-refractivity contribution in [1.29, 1.82) is 0 Å². The summed E-state index contributed by atoms with van der Waals surface area (Å²) < 4.78 is 5.39. The second-order valence-corrected chi connectivity index (χ2v) is 3.71. The Morgan fingerprint density at radius 2 is 1.92 bits per heavy atom. The van der Waals surface area contributed by atoms with Gasteiger partial charge in [0.05, 0.1) is 6.61 Å². The predicted octanol–water partition coefficient (Wildman–Crippen LogP) is 2.14. The van der Waals surface area contributed by atoms with Gasteiger partial charge >= 0.3 is 0 Å². The molecule has 0 amide bonds. The van der Waals surface area contributed by atoms with E-state index in [1.807, 2.05) is 12.1 Å². The van der Waals surface area contributed by atoms with Gasteiger partial charge in [-0.05, 0) is 23.6 Å². The van der Waals surface area contributed by atoms with Crippen molar-refractivity contribution in [2.24, 2.45) is 5.92 Å². The van der Waals surface area contributed by atoms with Gasteiger partial charge < -0.3 is 9.84 Å². The molecule has 1 fully saturated rings. The van der Waals surface area contributed by atoms with Gasteiger partial charge in [-0.25, -0.2) is 0 Å². The zero-order chi connectivity index (χ0) is 9.26. The first-order valence-corrected chi connectivity index (χ1v) is 4.64. The summed E-state index contributed by atoms with van der Waals surface area (Å²) in [5.74, 6) is 1.42. The summed E-state index contributed by atoms with van der Waals surface area (Å²) >= 11 is 0. The van der Waals surface area contributed by atoms with Crippen molar-refractivity contribution in [2.45, 2.75) is 12.8 Å². The number of hydrogen-bond donors (Lipinski definition) is 1. The lowest BCUT2D eigenvalue weighted by Crippen LogP contribution is -2.05. The molecule has 0 saturated carbocycles. The monoisotopic (exact) mass is 178 g/mol. The van der Waals surface area contributed by atoms with Crippen LogP contribution in [0, 0.1) is 5.92 Å². The fourth-order valence-corrected chi connectivity index (χ4v) is 1.81. The third-order valence-electron chi connectivity index (χ3n) is 2.69. The molecule has 1 N–H and O–H groups in total. The maximum Gasteiger partial charge on any atom is 0.115 e. The number of benzene rings is 1. The molecule has 1 aromatic carbocycles. The number of rotatable bonds is 1. The van der Waals surface area contributed by atoms with E-state index in [0.717, 1.165) is 13.2 Å². The Labute approximate surface area is 78.2 Å². The summed E-state index contributed by atoms with van der Waals surface area (Å²) in [6, 6.07) is 7.43. The number of aromatic hydroxyl groups is 1. The summed E-state index contributed by atoms with van der Waals surface area (Å²) in [5.41, 5.74) is 1.27. The standard InChI is InChI=1S/C11H14O2/c1-8-6-13-7-11(8)9-2-4-10(12)5-3-9/h2-5,8,11-12H,6-7H2,1H3. The lowest BCUT2D eigenvalue weighted by atomic mass is 9.90. The highest BCUT2D eigenvalue weighted by Gasteiger charge is 2.25. The van der Waals surface area contributed by atoms with Crippen LogP contribution in [0.1, 0.15) is 18.4 Å². The van der Waals surface area contributed by atoms with Crippen molar-refractivity contribution in [3.8, 4) is 5.75 Å². The molecular formula is C11H14O2. The van der Waals surface area contributed by atoms with Gasteiger partial charge in [0, 0.05) is 12.5 Å². The average Bonchev–Trinajstić information content (AvgIpc) is 2.53. The molecule has 0 aromatic heterocycles. The van der Waals surface area contributed by atoms with Gasteiger partial charge in [0.2, 0.25) is 0 Å². The maximum atomic E-state index is 9.13. The lowest BCUT2D eigenvalue weighted by Gasteiger charge is -2.12. The van der Waals surface area contributed by atoms with Gasteiger partial charge in [0.15, 0.2) is 0 Å². The molecule has 2 nitrogen and oxygen atoms in total. The van der Waals surface area contributed by atoms with Gasteiger partial charge in [0.25, 0.3) is 0 Å². The molecule has 1 aliphatic heterocycles. The van der Waals surface area contributed by atoms with Gasteiger partial charge in [-0.3, -0.25) is 0 Å². The second-order valence-electron chi connectivity index (χ2n) is 3.71. The van der Waals surface area contributed by atoms with E-state index in [2.05, 4.69) is 6.92 Å². The number of phenolic OH excluding ortho intramolecular Hbond substituents is 1. The summed E-state index contributed by atoms with van der Waals surface area (Å²) in [5, 5.41) is 9.13. The van der Waals surface area contributed by atoms with Crippen molar-refractivity contribution in [3.05, 3.63) is 29.8 Å². The molecule has 1 saturated heterocycles. The molecule has 0 spiro atoms. The van der Waals surface area contributed by atoms with Crippen LogP contribution in [0.5, 0.6) is 5.75 Å². The van der Waals surface area contributed by atoms with Crippen LogP contribution in [-0.4, -0.2) is 18.3 Å². The molecule has 2 heteroatoms. The van der Waals surface area contributed by atoms with E-state index in [4.69, 9.17) is 9.84 Å². The molecular weight excluding hydrogens is 164 g/mol. The van der Waals surface area contributed by atoms with Crippen molar-refractivity contribution in [2.75, 3.05) is 13.2 Å². The Kier molecular flexibility index (Phi) is 2.23. The van der Waals surface area contributed by atoms with Gasteiger partial charge in [-0.1, -0.05) is 19.1 Å². The SMILES string of the molecule is CC1COCC1c1ccc(O)cc1. The molecule has 1 aliphatic rings. The highest BCUT2D eigenvalue weighted by Crippen LogP contribution is 2.30. The quantitative estimate of drug-likeness (QED) is 0.714. The molecule has 0 aliphatic carbocycles. The van der Waals surface area contributed by atoms with Crippen LogP contribution in [-0.2, 0) is 4.74 Å². The molecule has 70 valence electrons. The van der Waals surface area contributed by atoms with Crippen LogP contribution in [0.25, 0.3) is 0 Å². The first-order valence-electron chi connectivity index (χ1n) is 4.64. The number of hydrogen-bond acceptors (Lipinski definition) is 2. The zero-order valence-electron chi connectivity index (χ0n) is 7.73. The first-order chi connectivity index (χ1) is 6.27. The highest BCUT2D eigenvalue weighted by molar-refractivity contribution is 5.29. The molecule has 1 aromatic rings. The molecule has 13 heavy (non-hydrogen) atoms. The van der Waals surface area contributed by atoms with Crippen LogP contribution < -0.4 is 0 Å². The van der Waals surface area contributed by atoms with Crippen LogP contribution in [0.2, 0.25) is 0 Å². The van der Waals surface area contributed by atoms with Crippen molar-refractivity contribution in [3.63, 3.8) is 0 Å². The molecule has 0 radical (unpaired) electrons. The smallest absolute Gasteiger partial charge is 0.115 e. The van der Waals surface area contributed by atoms with Crippen molar-refractivity contribution in [1.82, 2.24) is 0 Å². The largest absolute Gasteiger partial charge is 0.508 e. The van der Waals surface area contributed by atoms with Gasteiger partial charge in [-0.2, -0.15) is 0 Å². The fourth-order valence-electron chi connectivity index (χ4n) is 1.81. The fraction of sp³-hybridized carbons (Fsp3) is 0.455. The zero-order valence-corrected chi connectivity index (χ0v) is 7.73. The maximum absolute atomic E-state index is 9.13. The predicted molar refractivity (Wildman–Crippen MR) is 50.8 cm³/mol. The van der Waals surface area contributed by atoms with Crippen LogP contribution in [0.3, 0.4) is 0 Å². The van der Waals surface area contributed by atoms with Crippen LogP contribution >= 0.6 is 0 Å². The van der Waals surface area contributed by atoms with Crippen LogP contribution in [0.4, 0.5) is 0 Å². The average molecular weight is 178 g/mol. The highest BCUT2D eigenvalue weighted by atomic mass is 16.5. The van der Waals surface area contributed by atoms with E-state index in [1.54, 1.807) is 12.1 Å². The minimum absolute atomic E-state index is 0.329. The van der Waals surface area contributed by atoms with E-state index in [0.29, 0.717) is 17.6 Å². The Hall–Kier alpha value is -1.02. The third-order valence-corrected chi connectivity index (χ3v) is 2.69. The summed E-state index contributed by atoms with van der Waals surface area (Å²) in [4.78, 5) is 0. The van der Waals surface area contributed by atoms with E-state index in [-0.39, 0.29) is 0 Å². The van der Waals surface area contributed by atoms with Crippen molar-refractivity contribution < 1.29 is 9.84 Å². The Bertz CT molecular complexity index is 279. The lowest BCUT2D eigenvalue weighted by molar-refractivity contribution is 0.186. The van der Waals surface area contributed by atoms with E-state index >= 15 is 0 Å². The molecule has 2 rings (SSSR count). The molecule has 2 unspecified atom stereocenters. The third kappa shape index (κ3) is 1.68. The minimum Gasteiger partial charge on any atom is -0.508 e. The number of ether oxygens (including phenoxy) is 1. The van der Waals surface area contributed by atoms with Crippen LogP contribution in [0.15, 0.2) is 24.3 Å². The summed E-state index contributed by atoms with van der Waals surface area (Å²) in [6.07, 6.45) is 0. The van der Waals surface area contributed by atoms with E-state index < -0.39 is 0 Å². The van der Waals surface area contributed by atoms with Gasteiger partial charge in [-0.15, -0.1) is 0 Å². The second kappa shape index (κ2) is 3.38.